The van der Waals surface area contributed by atoms with E-state index in [1.807, 2.05) is 25.2 Å². The lowest BCUT2D eigenvalue weighted by Crippen LogP contribution is -2.12. The number of rotatable bonds is 4. The molecule has 0 saturated carbocycles. The summed E-state index contributed by atoms with van der Waals surface area (Å²) >= 11 is 0. The molecule has 0 bridgehead atoms. The predicted molar refractivity (Wildman–Crippen MR) is 76.9 cm³/mol. The van der Waals surface area contributed by atoms with E-state index in [0.717, 1.165) is 5.56 Å². The number of hydrogen-bond acceptors (Lipinski definition) is 4. The van der Waals surface area contributed by atoms with Crippen LogP contribution in [0.5, 0.6) is 11.5 Å². The van der Waals surface area contributed by atoms with E-state index in [0.29, 0.717) is 12.2 Å². The fourth-order valence-electron chi connectivity index (χ4n) is 1.87. The monoisotopic (exact) mass is 272 g/mol. The predicted octanol–water partition coefficient (Wildman–Crippen LogP) is 2.07. The molecular weight excluding hydrogens is 256 g/mol. The minimum Gasteiger partial charge on any atom is -0.508 e. The Morgan fingerprint density at radius 3 is 2.70 bits per heavy atom. The first-order valence-electron chi connectivity index (χ1n) is 6.17. The summed E-state index contributed by atoms with van der Waals surface area (Å²) in [5.41, 5.74) is 1.69. The van der Waals surface area contributed by atoms with Crippen LogP contribution in [-0.4, -0.2) is 23.2 Å². The Bertz CT molecular complexity index is 626. The molecule has 0 atom stereocenters. The smallest absolute Gasteiger partial charge is 0.259 e. The Labute approximate surface area is 116 Å². The molecule has 0 unspecified atom stereocenters. The van der Waals surface area contributed by atoms with Crippen molar-refractivity contribution in [2.24, 2.45) is 0 Å². The highest BCUT2D eigenvalue weighted by atomic mass is 16.3. The van der Waals surface area contributed by atoms with Gasteiger partial charge in [-0.3, -0.25) is 4.79 Å². The van der Waals surface area contributed by atoms with Crippen molar-refractivity contribution >= 4 is 11.6 Å². The van der Waals surface area contributed by atoms with E-state index in [-0.39, 0.29) is 17.1 Å². The summed E-state index contributed by atoms with van der Waals surface area (Å²) in [7, 11) is 1.84. The molecule has 0 fully saturated rings. The normalized spacial score (nSPS) is 10.2. The van der Waals surface area contributed by atoms with E-state index >= 15 is 0 Å². The average Bonchev–Trinajstić information content (AvgIpc) is 2.42. The Hall–Kier alpha value is -2.53. The second-order valence-electron chi connectivity index (χ2n) is 4.39. The number of carbonyl (C=O) groups excluding carboxylic acids is 1. The molecule has 2 rings (SSSR count). The highest BCUT2D eigenvalue weighted by molar-refractivity contribution is 6.06. The average molecular weight is 272 g/mol. The van der Waals surface area contributed by atoms with Gasteiger partial charge in [-0.15, -0.1) is 0 Å². The van der Waals surface area contributed by atoms with Crippen molar-refractivity contribution in [2.75, 3.05) is 12.4 Å². The topological polar surface area (TPSA) is 81.6 Å². The van der Waals surface area contributed by atoms with E-state index in [9.17, 15) is 15.0 Å². The third-order valence-electron chi connectivity index (χ3n) is 2.79. The van der Waals surface area contributed by atoms with Crippen molar-refractivity contribution in [2.45, 2.75) is 6.54 Å². The maximum atomic E-state index is 12.1. The van der Waals surface area contributed by atoms with Gasteiger partial charge in [-0.05, 0) is 42.9 Å². The zero-order valence-corrected chi connectivity index (χ0v) is 11.1. The summed E-state index contributed by atoms with van der Waals surface area (Å²) < 4.78 is 0. The van der Waals surface area contributed by atoms with E-state index < -0.39 is 5.91 Å². The van der Waals surface area contributed by atoms with Gasteiger partial charge in [0.15, 0.2) is 0 Å². The second kappa shape index (κ2) is 6.08. The fraction of sp³-hybridized carbons (Fsp3) is 0.133. The van der Waals surface area contributed by atoms with Crippen LogP contribution >= 0.6 is 0 Å². The highest BCUT2D eigenvalue weighted by Gasteiger charge is 2.12. The quantitative estimate of drug-likeness (QED) is 0.642. The van der Waals surface area contributed by atoms with Crippen LogP contribution in [0.4, 0.5) is 5.69 Å². The molecule has 1 amide bonds. The van der Waals surface area contributed by atoms with Gasteiger partial charge in [0.05, 0.1) is 5.56 Å². The maximum Gasteiger partial charge on any atom is 0.259 e. The number of anilines is 1. The summed E-state index contributed by atoms with van der Waals surface area (Å²) in [6.07, 6.45) is 0. The molecular formula is C15H16N2O3. The second-order valence-corrected chi connectivity index (χ2v) is 4.39. The SMILES string of the molecule is CNCc1cccc(NC(=O)c2cc(O)ccc2O)c1. The number of aromatic hydroxyl groups is 2. The van der Waals surface area contributed by atoms with E-state index in [1.165, 1.54) is 18.2 Å². The van der Waals surface area contributed by atoms with Crippen molar-refractivity contribution in [3.63, 3.8) is 0 Å². The number of nitrogens with one attached hydrogen (secondary N) is 2. The fourth-order valence-corrected chi connectivity index (χ4v) is 1.87. The number of hydrogen-bond donors (Lipinski definition) is 4. The van der Waals surface area contributed by atoms with Crippen LogP contribution < -0.4 is 10.6 Å². The van der Waals surface area contributed by atoms with Gasteiger partial charge in [-0.25, -0.2) is 0 Å². The Kier molecular flexibility index (Phi) is 4.22. The molecule has 5 heteroatoms. The molecule has 2 aromatic rings. The molecule has 0 aliphatic heterocycles. The Morgan fingerprint density at radius 1 is 1.15 bits per heavy atom. The molecule has 5 nitrogen and oxygen atoms in total. The van der Waals surface area contributed by atoms with Crippen LogP contribution in [-0.2, 0) is 6.54 Å². The first kappa shape index (κ1) is 13.9. The van der Waals surface area contributed by atoms with Crippen molar-refractivity contribution in [1.29, 1.82) is 0 Å². The van der Waals surface area contributed by atoms with Crippen LogP contribution in [0.3, 0.4) is 0 Å². The van der Waals surface area contributed by atoms with Gasteiger partial charge in [0, 0.05) is 12.2 Å². The van der Waals surface area contributed by atoms with Crippen LogP contribution in [0.15, 0.2) is 42.5 Å². The van der Waals surface area contributed by atoms with Gasteiger partial charge < -0.3 is 20.8 Å². The molecule has 0 saturated heterocycles. The maximum absolute atomic E-state index is 12.1. The number of benzene rings is 2. The standard InChI is InChI=1S/C15H16N2O3/c1-16-9-10-3-2-4-11(7-10)17-15(20)13-8-12(18)5-6-14(13)19/h2-8,16,18-19H,9H2,1H3,(H,17,20). The van der Waals surface area contributed by atoms with Gasteiger partial charge in [0.1, 0.15) is 11.5 Å². The molecule has 0 aliphatic carbocycles. The van der Waals surface area contributed by atoms with Gasteiger partial charge in [0.25, 0.3) is 5.91 Å². The number of carbonyl (C=O) groups is 1. The van der Waals surface area contributed by atoms with Crippen molar-refractivity contribution in [1.82, 2.24) is 5.32 Å². The van der Waals surface area contributed by atoms with Gasteiger partial charge in [0.2, 0.25) is 0 Å². The third kappa shape index (κ3) is 3.27. The molecule has 0 spiro atoms. The van der Waals surface area contributed by atoms with E-state index in [1.54, 1.807) is 6.07 Å². The van der Waals surface area contributed by atoms with Crippen LogP contribution in [0.25, 0.3) is 0 Å². The lowest BCUT2D eigenvalue weighted by atomic mass is 10.1. The number of phenols is 2. The number of amides is 1. The van der Waals surface area contributed by atoms with Gasteiger partial charge in [-0.2, -0.15) is 0 Å². The highest BCUT2D eigenvalue weighted by Crippen LogP contribution is 2.23. The van der Waals surface area contributed by atoms with E-state index in [2.05, 4.69) is 10.6 Å². The minimum absolute atomic E-state index is 0.0315. The third-order valence-corrected chi connectivity index (χ3v) is 2.79. The summed E-state index contributed by atoms with van der Waals surface area (Å²) in [6.45, 7) is 0.696. The Balaban J connectivity index is 2.19. The van der Waals surface area contributed by atoms with Crippen LogP contribution in [0, 0.1) is 0 Å². The summed E-state index contributed by atoms with van der Waals surface area (Å²) in [5, 5.41) is 24.7. The first-order chi connectivity index (χ1) is 9.60. The molecule has 20 heavy (non-hydrogen) atoms. The van der Waals surface area contributed by atoms with Crippen molar-refractivity contribution in [3.05, 3.63) is 53.6 Å². The lowest BCUT2D eigenvalue weighted by molar-refractivity contribution is 0.102. The molecule has 0 radical (unpaired) electrons. The molecule has 4 N–H and O–H groups in total. The molecule has 0 aliphatic rings. The summed E-state index contributed by atoms with van der Waals surface area (Å²) in [5.74, 6) is -0.719. The van der Waals surface area contributed by atoms with Crippen LogP contribution in [0.2, 0.25) is 0 Å². The van der Waals surface area contributed by atoms with E-state index in [4.69, 9.17) is 0 Å². The lowest BCUT2D eigenvalue weighted by Gasteiger charge is -2.09. The molecule has 2 aromatic carbocycles. The van der Waals surface area contributed by atoms with Crippen molar-refractivity contribution in [3.8, 4) is 11.5 Å². The number of phenolic OH excluding ortho intramolecular Hbond substituents is 2. The summed E-state index contributed by atoms with van der Waals surface area (Å²) in [6, 6.07) is 11.2. The van der Waals surface area contributed by atoms with Crippen molar-refractivity contribution < 1.29 is 15.0 Å². The molecule has 0 aromatic heterocycles. The molecule has 104 valence electrons. The minimum atomic E-state index is -0.472. The van der Waals surface area contributed by atoms with Gasteiger partial charge in [-0.1, -0.05) is 12.1 Å². The zero-order valence-electron chi connectivity index (χ0n) is 11.1. The summed E-state index contributed by atoms with van der Waals surface area (Å²) in [4.78, 5) is 12.1. The van der Waals surface area contributed by atoms with Gasteiger partial charge >= 0.3 is 0 Å². The zero-order chi connectivity index (χ0) is 14.5. The Morgan fingerprint density at radius 2 is 1.95 bits per heavy atom. The first-order valence-corrected chi connectivity index (χ1v) is 6.17. The molecule has 0 heterocycles. The van der Waals surface area contributed by atoms with Crippen LogP contribution in [0.1, 0.15) is 15.9 Å². The largest absolute Gasteiger partial charge is 0.508 e.